The molecule has 22 heavy (non-hydrogen) atoms. The van der Waals surface area contributed by atoms with E-state index in [1.807, 2.05) is 0 Å². The van der Waals surface area contributed by atoms with Gasteiger partial charge in [0.05, 0.1) is 10.8 Å². The number of halogens is 3. The molecule has 1 unspecified atom stereocenters. The predicted octanol–water partition coefficient (Wildman–Crippen LogP) is 2.87. The van der Waals surface area contributed by atoms with Crippen molar-refractivity contribution in [2.75, 3.05) is 12.8 Å². The summed E-state index contributed by atoms with van der Waals surface area (Å²) < 4.78 is 37.5. The second-order valence-electron chi connectivity index (χ2n) is 4.66. The first-order valence-electron chi connectivity index (χ1n) is 6.34. The van der Waals surface area contributed by atoms with Gasteiger partial charge in [0.1, 0.15) is 6.54 Å². The molecule has 0 bridgehead atoms. The topological polar surface area (TPSA) is 57.6 Å². The molecule has 0 heterocycles. The molecule has 1 atom stereocenters. The van der Waals surface area contributed by atoms with Crippen LogP contribution in [-0.2, 0) is 22.3 Å². The molecule has 0 radical (unpaired) electrons. The lowest BCUT2D eigenvalue weighted by Crippen LogP contribution is -2.39. The molecular formula is C14H16F3NO3S. The molecule has 1 rings (SSSR count). The van der Waals surface area contributed by atoms with Crippen LogP contribution in [0.1, 0.15) is 18.1 Å². The van der Waals surface area contributed by atoms with Crippen molar-refractivity contribution in [3.05, 3.63) is 35.4 Å². The van der Waals surface area contributed by atoms with E-state index in [0.29, 0.717) is 5.56 Å². The van der Waals surface area contributed by atoms with Gasteiger partial charge in [-0.1, -0.05) is 12.1 Å². The number of aliphatic carboxylic acids is 1. The average molecular weight is 335 g/mol. The van der Waals surface area contributed by atoms with Crippen molar-refractivity contribution < 1.29 is 27.9 Å². The lowest BCUT2D eigenvalue weighted by molar-refractivity contribution is -0.144. The molecule has 122 valence electrons. The first-order valence-corrected chi connectivity index (χ1v) is 7.63. The van der Waals surface area contributed by atoms with Crippen LogP contribution in [0.15, 0.2) is 24.3 Å². The number of hydrogen-bond donors (Lipinski definition) is 1. The first kappa shape index (κ1) is 18.3. The number of benzene rings is 1. The van der Waals surface area contributed by atoms with Gasteiger partial charge in [0, 0.05) is 6.54 Å². The number of nitrogens with zero attached hydrogens (tertiary/aromatic N) is 1. The third-order valence-corrected chi connectivity index (χ3v) is 3.90. The molecule has 0 aliphatic rings. The van der Waals surface area contributed by atoms with Gasteiger partial charge in [-0.15, -0.1) is 0 Å². The Hall–Kier alpha value is -1.70. The van der Waals surface area contributed by atoms with Crippen LogP contribution in [0.2, 0.25) is 0 Å². The van der Waals surface area contributed by atoms with Gasteiger partial charge in [0.15, 0.2) is 0 Å². The van der Waals surface area contributed by atoms with Gasteiger partial charge in [0.2, 0.25) is 5.91 Å². The maximum Gasteiger partial charge on any atom is 0.416 e. The van der Waals surface area contributed by atoms with E-state index in [1.54, 1.807) is 13.2 Å². The highest BCUT2D eigenvalue weighted by Crippen LogP contribution is 2.29. The highest BCUT2D eigenvalue weighted by Gasteiger charge is 2.30. The van der Waals surface area contributed by atoms with Crippen LogP contribution in [0.4, 0.5) is 13.2 Å². The van der Waals surface area contributed by atoms with E-state index in [1.165, 1.54) is 23.9 Å². The van der Waals surface area contributed by atoms with Crippen LogP contribution >= 0.6 is 11.8 Å². The maximum atomic E-state index is 12.5. The lowest BCUT2D eigenvalue weighted by Gasteiger charge is -2.23. The fraction of sp³-hybridized carbons (Fsp3) is 0.429. The summed E-state index contributed by atoms with van der Waals surface area (Å²) in [6.45, 7) is 1.10. The number of rotatable bonds is 6. The Morgan fingerprint density at radius 3 is 2.23 bits per heavy atom. The fourth-order valence-corrected chi connectivity index (χ4v) is 2.10. The second kappa shape index (κ2) is 7.53. The third-order valence-electron chi connectivity index (χ3n) is 2.99. The summed E-state index contributed by atoms with van der Waals surface area (Å²) >= 11 is 1.27. The molecule has 0 saturated carbocycles. The lowest BCUT2D eigenvalue weighted by atomic mass is 10.1. The Labute approximate surface area is 130 Å². The molecule has 0 aliphatic carbocycles. The van der Waals surface area contributed by atoms with Crippen LogP contribution in [0, 0.1) is 0 Å². The summed E-state index contributed by atoms with van der Waals surface area (Å²) in [5.41, 5.74) is -0.347. The Kier molecular flexibility index (Phi) is 6.28. The van der Waals surface area contributed by atoms with Crippen molar-refractivity contribution in [3.63, 3.8) is 0 Å². The van der Waals surface area contributed by atoms with Crippen molar-refractivity contribution in [2.45, 2.75) is 24.9 Å². The zero-order valence-electron chi connectivity index (χ0n) is 12.1. The van der Waals surface area contributed by atoms with Crippen molar-refractivity contribution in [1.29, 1.82) is 0 Å². The minimum Gasteiger partial charge on any atom is -0.480 e. The Balaban J connectivity index is 2.90. The van der Waals surface area contributed by atoms with Crippen molar-refractivity contribution in [3.8, 4) is 0 Å². The molecule has 0 fully saturated rings. The van der Waals surface area contributed by atoms with E-state index in [2.05, 4.69) is 0 Å². The highest BCUT2D eigenvalue weighted by molar-refractivity contribution is 7.99. The molecule has 0 spiro atoms. The van der Waals surface area contributed by atoms with E-state index in [0.717, 1.165) is 17.0 Å². The average Bonchev–Trinajstić information content (AvgIpc) is 2.44. The molecule has 1 aromatic rings. The summed E-state index contributed by atoms with van der Waals surface area (Å²) in [6, 6.07) is 4.32. The zero-order chi connectivity index (χ0) is 16.9. The van der Waals surface area contributed by atoms with Crippen LogP contribution in [0.25, 0.3) is 0 Å². The number of carboxylic acids is 1. The van der Waals surface area contributed by atoms with Crippen LogP contribution in [0.3, 0.4) is 0 Å². The predicted molar refractivity (Wildman–Crippen MR) is 77.5 cm³/mol. The molecular weight excluding hydrogens is 319 g/mol. The molecule has 0 saturated heterocycles. The smallest absolute Gasteiger partial charge is 0.416 e. The summed E-state index contributed by atoms with van der Waals surface area (Å²) in [7, 11) is 0. The van der Waals surface area contributed by atoms with Crippen molar-refractivity contribution in [1.82, 2.24) is 4.90 Å². The molecule has 0 aliphatic heterocycles. The van der Waals surface area contributed by atoms with Crippen molar-refractivity contribution >= 4 is 23.6 Å². The largest absolute Gasteiger partial charge is 0.480 e. The third kappa shape index (κ3) is 5.25. The number of carbonyl (C=O) groups is 2. The molecule has 1 aromatic carbocycles. The second-order valence-corrected chi connectivity index (χ2v) is 5.84. The van der Waals surface area contributed by atoms with Gasteiger partial charge < -0.3 is 10.0 Å². The molecule has 1 amide bonds. The standard InChI is InChI=1S/C14H16F3NO3S/c1-9(22-2)13(21)18(8-12(19)20)7-10-3-5-11(6-4-10)14(15,16)17/h3-6,9H,7-8H2,1-2H3,(H,19,20). The Morgan fingerprint density at radius 1 is 1.27 bits per heavy atom. The van der Waals surface area contributed by atoms with Gasteiger partial charge in [0.25, 0.3) is 0 Å². The number of amides is 1. The summed E-state index contributed by atoms with van der Waals surface area (Å²) in [6.07, 6.45) is -2.71. The number of hydrogen-bond acceptors (Lipinski definition) is 3. The highest BCUT2D eigenvalue weighted by atomic mass is 32.2. The van der Waals surface area contributed by atoms with E-state index in [4.69, 9.17) is 5.11 Å². The van der Waals surface area contributed by atoms with E-state index < -0.39 is 29.5 Å². The Morgan fingerprint density at radius 2 is 1.82 bits per heavy atom. The van der Waals surface area contributed by atoms with Gasteiger partial charge in [-0.3, -0.25) is 9.59 Å². The summed E-state index contributed by atoms with van der Waals surface area (Å²) in [5, 5.41) is 8.44. The van der Waals surface area contributed by atoms with Gasteiger partial charge in [-0.25, -0.2) is 0 Å². The SMILES string of the molecule is CSC(C)C(=O)N(CC(=O)O)Cc1ccc(C(F)(F)F)cc1. The van der Waals surface area contributed by atoms with E-state index >= 15 is 0 Å². The van der Waals surface area contributed by atoms with Gasteiger partial charge in [-0.2, -0.15) is 24.9 Å². The number of carbonyl (C=O) groups excluding carboxylic acids is 1. The van der Waals surface area contributed by atoms with E-state index in [9.17, 15) is 22.8 Å². The van der Waals surface area contributed by atoms with Crippen LogP contribution < -0.4 is 0 Å². The molecule has 8 heteroatoms. The first-order chi connectivity index (χ1) is 10.1. The van der Waals surface area contributed by atoms with E-state index in [-0.39, 0.29) is 12.5 Å². The van der Waals surface area contributed by atoms with Crippen LogP contribution in [0.5, 0.6) is 0 Å². The zero-order valence-corrected chi connectivity index (χ0v) is 12.9. The summed E-state index contributed by atoms with van der Waals surface area (Å²) in [5.74, 6) is -1.54. The normalized spacial score (nSPS) is 12.8. The summed E-state index contributed by atoms with van der Waals surface area (Å²) in [4.78, 5) is 24.1. The quantitative estimate of drug-likeness (QED) is 0.868. The van der Waals surface area contributed by atoms with Gasteiger partial charge in [-0.05, 0) is 30.9 Å². The Bertz CT molecular complexity index is 531. The maximum absolute atomic E-state index is 12.5. The fourth-order valence-electron chi connectivity index (χ4n) is 1.75. The number of thioether (sulfide) groups is 1. The molecule has 4 nitrogen and oxygen atoms in total. The molecule has 0 aromatic heterocycles. The number of alkyl halides is 3. The van der Waals surface area contributed by atoms with Crippen LogP contribution in [-0.4, -0.2) is 39.9 Å². The minimum absolute atomic E-state index is 0.0474. The van der Waals surface area contributed by atoms with Crippen molar-refractivity contribution in [2.24, 2.45) is 0 Å². The minimum atomic E-state index is -4.43. The van der Waals surface area contributed by atoms with Gasteiger partial charge >= 0.3 is 12.1 Å². The number of carboxylic acid groups (broad SMARTS) is 1. The monoisotopic (exact) mass is 335 g/mol. The molecule has 1 N–H and O–H groups in total.